The van der Waals surface area contributed by atoms with Gasteiger partial charge in [-0.1, -0.05) is 85.4 Å². The molecule has 5 N–H and O–H groups in total. The number of benzene rings is 4. The number of rotatable bonds is 4. The largest absolute Gasteiger partial charge is 0.396 e. The second kappa shape index (κ2) is 11.9. The van der Waals surface area contributed by atoms with Crippen molar-refractivity contribution in [3.05, 3.63) is 136 Å². The third-order valence-corrected chi connectivity index (χ3v) is 9.55. The van der Waals surface area contributed by atoms with E-state index in [1.165, 1.54) is 0 Å². The van der Waals surface area contributed by atoms with Crippen LogP contribution in [0.25, 0.3) is 16.5 Å². The van der Waals surface area contributed by atoms with Gasteiger partial charge in [0.05, 0.1) is 0 Å². The Morgan fingerprint density at radius 2 is 1.35 bits per heavy atom. The van der Waals surface area contributed by atoms with E-state index in [-0.39, 0.29) is 25.5 Å². The predicted molar refractivity (Wildman–Crippen MR) is 192 cm³/mol. The highest BCUT2D eigenvalue weighted by atomic mass is 16.3. The average molecular weight is 636 g/mol. The van der Waals surface area contributed by atoms with Crippen LogP contribution in [0.2, 0.25) is 0 Å². The molecule has 2 atom stereocenters. The van der Waals surface area contributed by atoms with Gasteiger partial charge in [-0.25, -0.2) is 15.0 Å². The number of hydrogen-bond donors (Lipinski definition) is 5. The number of fused-ring (bicyclic) bond motifs is 16. The third-order valence-electron chi connectivity index (χ3n) is 9.55. The third kappa shape index (κ3) is 4.90. The van der Waals surface area contributed by atoms with Gasteiger partial charge in [0.25, 0.3) is 0 Å². The van der Waals surface area contributed by atoms with E-state index in [4.69, 9.17) is 15.0 Å². The Morgan fingerprint density at radius 1 is 0.729 bits per heavy atom. The molecule has 0 fully saturated rings. The maximum atomic E-state index is 9.91. The molecule has 0 aliphatic carbocycles. The van der Waals surface area contributed by atoms with Crippen molar-refractivity contribution in [1.82, 2.24) is 20.5 Å². The highest BCUT2D eigenvalue weighted by Gasteiger charge is 2.36. The molecule has 0 amide bonds. The molecule has 3 aliphatic heterocycles. The summed E-state index contributed by atoms with van der Waals surface area (Å²) in [6.07, 6.45) is 0.306. The summed E-state index contributed by atoms with van der Waals surface area (Å²) in [6.45, 7) is 6.55. The first-order valence-corrected chi connectivity index (χ1v) is 16.3. The van der Waals surface area contributed by atoms with Gasteiger partial charge >= 0.3 is 0 Å². The van der Waals surface area contributed by atoms with Crippen molar-refractivity contribution in [2.24, 2.45) is 15.0 Å². The molecule has 0 saturated heterocycles. The molecule has 9 nitrogen and oxygen atoms in total. The lowest BCUT2D eigenvalue weighted by Gasteiger charge is -2.22. The lowest BCUT2D eigenvalue weighted by molar-refractivity contribution is 0.293. The summed E-state index contributed by atoms with van der Waals surface area (Å²) >= 11 is 0. The highest BCUT2D eigenvalue weighted by Crippen LogP contribution is 2.40. The molecule has 240 valence electrons. The average Bonchev–Trinajstić information content (AvgIpc) is 3.70. The van der Waals surface area contributed by atoms with Crippen LogP contribution in [-0.4, -0.2) is 57.7 Å². The molecular formula is C39H37N7O2. The first-order valence-electron chi connectivity index (χ1n) is 16.3. The van der Waals surface area contributed by atoms with Crippen LogP contribution < -0.4 is 10.6 Å². The van der Waals surface area contributed by atoms with Crippen molar-refractivity contribution in [2.75, 3.05) is 20.3 Å². The van der Waals surface area contributed by atoms with Crippen LogP contribution in [0.15, 0.2) is 106 Å². The highest BCUT2D eigenvalue weighted by molar-refractivity contribution is 6.10. The number of aliphatic hydroxyl groups is 2. The Bertz CT molecular complexity index is 2190. The van der Waals surface area contributed by atoms with E-state index in [9.17, 15) is 10.2 Å². The Hall–Kier alpha value is -5.51. The fourth-order valence-electron chi connectivity index (χ4n) is 7.20. The summed E-state index contributed by atoms with van der Waals surface area (Å²) < 4.78 is 0. The lowest BCUT2D eigenvalue weighted by atomic mass is 9.94. The van der Waals surface area contributed by atoms with E-state index in [2.05, 4.69) is 75.6 Å². The molecule has 4 heterocycles. The van der Waals surface area contributed by atoms with Gasteiger partial charge in [-0.15, -0.1) is 0 Å². The molecule has 0 saturated carbocycles. The first kappa shape index (κ1) is 29.9. The number of aromatic nitrogens is 1. The molecule has 9 heteroatoms. The Kier molecular flexibility index (Phi) is 7.43. The van der Waals surface area contributed by atoms with Crippen molar-refractivity contribution < 1.29 is 10.2 Å². The molecule has 5 aromatic rings. The van der Waals surface area contributed by atoms with Crippen LogP contribution >= 0.6 is 0 Å². The van der Waals surface area contributed by atoms with Gasteiger partial charge in [0.15, 0.2) is 6.17 Å². The zero-order valence-corrected chi connectivity index (χ0v) is 27.0. The number of nitrogens with one attached hydrogen (secondary N) is 3. The van der Waals surface area contributed by atoms with Crippen molar-refractivity contribution in [1.29, 1.82) is 0 Å². The summed E-state index contributed by atoms with van der Waals surface area (Å²) in [5.74, 6) is 3.03. The number of amidine groups is 2. The Morgan fingerprint density at radius 3 is 2.08 bits per heavy atom. The topological polar surface area (TPSA) is 121 Å². The van der Waals surface area contributed by atoms with Crippen LogP contribution in [0.1, 0.15) is 63.8 Å². The second-order valence-corrected chi connectivity index (χ2v) is 12.5. The van der Waals surface area contributed by atoms with Crippen molar-refractivity contribution in [3.63, 3.8) is 0 Å². The maximum Gasteiger partial charge on any atom is 0.151 e. The van der Waals surface area contributed by atoms with Crippen molar-refractivity contribution in [2.45, 2.75) is 32.1 Å². The number of hydrogen-bond acceptors (Lipinski definition) is 8. The summed E-state index contributed by atoms with van der Waals surface area (Å²) in [5, 5.41) is 29.1. The van der Waals surface area contributed by atoms with E-state index < -0.39 is 0 Å². The smallest absolute Gasteiger partial charge is 0.151 e. The van der Waals surface area contributed by atoms with Crippen LogP contribution in [0.4, 0.5) is 11.6 Å². The van der Waals surface area contributed by atoms with Gasteiger partial charge < -0.3 is 30.7 Å². The van der Waals surface area contributed by atoms with E-state index in [0.29, 0.717) is 12.8 Å². The van der Waals surface area contributed by atoms with Gasteiger partial charge in [0, 0.05) is 75.8 Å². The number of nitrogens with zero attached hydrogens (tertiary/aromatic N) is 4. The predicted octanol–water partition coefficient (Wildman–Crippen LogP) is 6.02. The zero-order chi connectivity index (χ0) is 32.9. The number of aliphatic imine (C=N–C) groups is 3. The fourth-order valence-corrected chi connectivity index (χ4v) is 7.20. The van der Waals surface area contributed by atoms with E-state index in [1.54, 1.807) is 0 Å². The lowest BCUT2D eigenvalue weighted by Crippen LogP contribution is -2.32. The van der Waals surface area contributed by atoms with Gasteiger partial charge in [0.2, 0.25) is 0 Å². The van der Waals surface area contributed by atoms with Crippen LogP contribution in [0, 0.1) is 0 Å². The van der Waals surface area contributed by atoms with E-state index in [0.717, 1.165) is 90.0 Å². The molecule has 2 unspecified atom stereocenters. The molecule has 48 heavy (non-hydrogen) atoms. The molecule has 3 aliphatic rings. The number of aliphatic hydroxyl groups excluding tert-OH is 2. The Balaban J connectivity index is 1.38. The minimum absolute atomic E-state index is 0.0149. The standard InChI is InChI=1S/C39H37N7O2/c1-22-26-10-4-5-11-27(26)23(2)41-36-32-20-24(16-18-47)25(17-19-48)21-33(32)37(43-36)45-39-31-15-9-8-14-30(31)38(46(39)3)44-35-29-13-7-6-12-28(29)34(40-22)42-35/h4-15,20-21,36,39,41-42,47-48H,2,16-19H2,1,3H3,(H,43,45). The van der Waals surface area contributed by atoms with E-state index >= 15 is 0 Å². The van der Waals surface area contributed by atoms with E-state index in [1.807, 2.05) is 50.4 Å². The van der Waals surface area contributed by atoms with Crippen LogP contribution in [-0.2, 0) is 12.8 Å². The van der Waals surface area contributed by atoms with Crippen molar-refractivity contribution >= 4 is 45.5 Å². The summed E-state index contributed by atoms with van der Waals surface area (Å²) in [5.41, 5.74) is 9.52. The van der Waals surface area contributed by atoms with Crippen LogP contribution in [0.3, 0.4) is 0 Å². The van der Waals surface area contributed by atoms with Crippen molar-refractivity contribution in [3.8, 4) is 0 Å². The van der Waals surface area contributed by atoms with Gasteiger partial charge in [-0.05, 0) is 37.0 Å². The summed E-state index contributed by atoms with van der Waals surface area (Å²) in [7, 11) is 2.03. The molecule has 1 aromatic heterocycles. The maximum absolute atomic E-state index is 9.91. The van der Waals surface area contributed by atoms with Gasteiger partial charge in [-0.3, -0.25) is 0 Å². The zero-order valence-electron chi connectivity index (χ0n) is 27.0. The minimum atomic E-state index is -0.340. The summed E-state index contributed by atoms with van der Waals surface area (Å²) in [6, 6.07) is 28.8. The Labute approximate surface area is 279 Å². The first-order chi connectivity index (χ1) is 23.4. The van der Waals surface area contributed by atoms with Gasteiger partial charge in [0.1, 0.15) is 29.5 Å². The number of H-pyrrole nitrogens is 1. The van der Waals surface area contributed by atoms with Crippen LogP contribution in [0.5, 0.6) is 0 Å². The second-order valence-electron chi connectivity index (χ2n) is 12.5. The molecule has 8 rings (SSSR count). The molecule has 4 aromatic carbocycles. The fraction of sp³-hybridized carbons (Fsp3) is 0.205. The normalized spacial score (nSPS) is 18.2. The van der Waals surface area contributed by atoms with Gasteiger partial charge in [-0.2, -0.15) is 0 Å². The quantitative estimate of drug-likeness (QED) is 0.165. The summed E-state index contributed by atoms with van der Waals surface area (Å²) in [4.78, 5) is 21.4. The molecule has 0 radical (unpaired) electrons. The number of aromatic amines is 1. The monoisotopic (exact) mass is 635 g/mol. The molecule has 6 bridgehead atoms. The SMILES string of the molecule is C=C1NC2NC(=NC3c4ccccc4C(=Nc4[nH]c(c5ccccc45)N=C(C)c4ccccc41)N3C)c1cc(CCO)c(CCO)cc12. The molecular weight excluding hydrogens is 598 g/mol. The molecule has 0 spiro atoms. The minimum Gasteiger partial charge on any atom is -0.396 e.